The zero-order chi connectivity index (χ0) is 23.5. The summed E-state index contributed by atoms with van der Waals surface area (Å²) in [5.41, 5.74) is 2.02. The van der Waals surface area contributed by atoms with Crippen LogP contribution >= 0.6 is 0 Å². The molecule has 0 unspecified atom stereocenters. The number of carbonyl (C=O) groups excluding carboxylic acids is 1. The Labute approximate surface area is 197 Å². The number of ether oxygens (including phenoxy) is 1. The topological polar surface area (TPSA) is 77.2 Å². The van der Waals surface area contributed by atoms with Gasteiger partial charge in [0.2, 0.25) is 0 Å². The molecule has 2 fully saturated rings. The second-order valence-corrected chi connectivity index (χ2v) is 10.6. The number of carbonyl (C=O) groups is 1. The maximum absolute atomic E-state index is 13.0. The fourth-order valence-corrected chi connectivity index (χ4v) is 5.41. The number of ketones is 1. The van der Waals surface area contributed by atoms with Gasteiger partial charge in [-0.15, -0.1) is 10.2 Å². The van der Waals surface area contributed by atoms with Gasteiger partial charge >= 0.3 is 0 Å². The lowest BCUT2D eigenvalue weighted by atomic mass is 9.71. The summed E-state index contributed by atoms with van der Waals surface area (Å²) in [5.74, 6) is 4.91. The highest BCUT2D eigenvalue weighted by molar-refractivity contribution is 5.81. The Morgan fingerprint density at radius 1 is 1.24 bits per heavy atom. The molecule has 0 amide bonds. The molecule has 6 nitrogen and oxygen atoms in total. The van der Waals surface area contributed by atoms with Crippen LogP contribution in [0.2, 0.25) is 0 Å². The van der Waals surface area contributed by atoms with Crippen LogP contribution in [0, 0.1) is 18.8 Å². The van der Waals surface area contributed by atoms with E-state index >= 15 is 0 Å². The van der Waals surface area contributed by atoms with Crippen LogP contribution in [-0.2, 0) is 11.2 Å². The highest BCUT2D eigenvalue weighted by Crippen LogP contribution is 2.48. The lowest BCUT2D eigenvalue weighted by Crippen LogP contribution is -2.26. The monoisotopic (exact) mass is 453 g/mol. The van der Waals surface area contributed by atoms with Crippen molar-refractivity contribution < 1.29 is 14.6 Å². The van der Waals surface area contributed by atoms with Crippen molar-refractivity contribution in [2.45, 2.75) is 90.0 Å². The predicted octanol–water partition coefficient (Wildman–Crippen LogP) is 5.14. The van der Waals surface area contributed by atoms with Gasteiger partial charge in [0.1, 0.15) is 23.2 Å². The number of aliphatic hydroxyl groups is 1. The molecule has 33 heavy (non-hydrogen) atoms. The maximum atomic E-state index is 13.0. The minimum Gasteiger partial charge on any atom is -0.496 e. The number of hydrogen-bond acceptors (Lipinski definition) is 5. The first-order valence-electron chi connectivity index (χ1n) is 12.6. The third-order valence-corrected chi connectivity index (χ3v) is 7.26. The van der Waals surface area contributed by atoms with Gasteiger partial charge < -0.3 is 14.4 Å². The molecule has 6 heteroatoms. The van der Waals surface area contributed by atoms with Crippen LogP contribution in [0.15, 0.2) is 18.2 Å². The smallest absolute Gasteiger partial charge is 0.137 e. The van der Waals surface area contributed by atoms with E-state index in [1.165, 1.54) is 19.3 Å². The number of aryl methyl sites for hydroxylation is 1. The summed E-state index contributed by atoms with van der Waals surface area (Å²) < 4.78 is 7.76. The zero-order valence-corrected chi connectivity index (χ0v) is 20.6. The molecule has 0 bridgehead atoms. The van der Waals surface area contributed by atoms with Crippen molar-refractivity contribution >= 4 is 5.78 Å². The summed E-state index contributed by atoms with van der Waals surface area (Å²) in [7, 11) is 1.65. The van der Waals surface area contributed by atoms with Crippen molar-refractivity contribution in [3.8, 4) is 5.75 Å². The maximum Gasteiger partial charge on any atom is 0.137 e. The van der Waals surface area contributed by atoms with Crippen molar-refractivity contribution in [3.05, 3.63) is 41.0 Å². The lowest BCUT2D eigenvalue weighted by Gasteiger charge is -2.36. The molecule has 0 aliphatic heterocycles. The number of aliphatic hydroxyl groups excluding tert-OH is 1. The molecule has 0 radical (unpaired) electrons. The van der Waals surface area contributed by atoms with E-state index in [-0.39, 0.29) is 18.3 Å². The highest BCUT2D eigenvalue weighted by Gasteiger charge is 2.39. The average Bonchev–Trinajstić information content (AvgIpc) is 3.50. The van der Waals surface area contributed by atoms with Gasteiger partial charge in [0.15, 0.2) is 0 Å². The van der Waals surface area contributed by atoms with Crippen LogP contribution in [0.25, 0.3) is 0 Å². The van der Waals surface area contributed by atoms with E-state index in [0.717, 1.165) is 53.2 Å². The Balaban J connectivity index is 1.47. The summed E-state index contributed by atoms with van der Waals surface area (Å²) >= 11 is 0. The minimum absolute atomic E-state index is 0.0447. The van der Waals surface area contributed by atoms with Gasteiger partial charge in [-0.05, 0) is 74.5 Å². The van der Waals surface area contributed by atoms with Crippen LogP contribution in [0.1, 0.15) is 99.4 Å². The molecule has 1 N–H and O–H groups in total. The zero-order valence-electron chi connectivity index (χ0n) is 20.6. The number of methoxy groups -OCH3 is 1. The third-order valence-electron chi connectivity index (χ3n) is 7.26. The molecule has 1 aromatic carbocycles. The van der Waals surface area contributed by atoms with E-state index in [1.54, 1.807) is 7.11 Å². The summed E-state index contributed by atoms with van der Waals surface area (Å²) in [6, 6.07) is 6.40. The van der Waals surface area contributed by atoms with E-state index in [9.17, 15) is 9.90 Å². The standard InChI is InChI=1S/C27H39N3O3/c1-17(2)11-20-12-22(13-20)27-29-28-26(30(27)23-7-8-23)21(9-10-31)16-24(32)14-19-6-5-18(3)25(15-19)33-4/h5-6,15,17,20-23,31H,7-14,16H2,1-4H3/t20?,21-,22?/m0/s1. The van der Waals surface area contributed by atoms with Crippen LogP contribution < -0.4 is 4.74 Å². The Morgan fingerprint density at radius 2 is 2.00 bits per heavy atom. The van der Waals surface area contributed by atoms with E-state index in [1.807, 2.05) is 25.1 Å². The molecule has 0 saturated heterocycles. The molecule has 4 rings (SSSR count). The van der Waals surface area contributed by atoms with Crippen LogP contribution in [-0.4, -0.2) is 39.4 Å². The first-order chi connectivity index (χ1) is 15.9. The Hall–Kier alpha value is -2.21. The first kappa shape index (κ1) is 23.9. The minimum atomic E-state index is -0.0942. The molecular formula is C27H39N3O3. The molecule has 1 aromatic heterocycles. The van der Waals surface area contributed by atoms with Crippen molar-refractivity contribution in [3.63, 3.8) is 0 Å². The van der Waals surface area contributed by atoms with Gasteiger partial charge in [0.25, 0.3) is 0 Å². The van der Waals surface area contributed by atoms with Crippen LogP contribution in [0.3, 0.4) is 0 Å². The largest absolute Gasteiger partial charge is 0.496 e. The predicted molar refractivity (Wildman–Crippen MR) is 129 cm³/mol. The van der Waals surface area contributed by atoms with Gasteiger partial charge in [0, 0.05) is 37.3 Å². The number of rotatable bonds is 12. The third kappa shape index (κ3) is 5.65. The molecule has 0 spiro atoms. The summed E-state index contributed by atoms with van der Waals surface area (Å²) in [5, 5.41) is 19.0. The van der Waals surface area contributed by atoms with E-state index in [4.69, 9.17) is 4.74 Å². The first-order valence-corrected chi connectivity index (χ1v) is 12.6. The van der Waals surface area contributed by atoms with Crippen LogP contribution in [0.5, 0.6) is 5.75 Å². The number of nitrogens with zero attached hydrogens (tertiary/aromatic N) is 3. The van der Waals surface area contributed by atoms with Gasteiger partial charge in [-0.2, -0.15) is 0 Å². The Morgan fingerprint density at radius 3 is 2.64 bits per heavy atom. The molecule has 180 valence electrons. The summed E-state index contributed by atoms with van der Waals surface area (Å²) in [6.45, 7) is 6.63. The van der Waals surface area contributed by atoms with Gasteiger partial charge in [-0.1, -0.05) is 26.0 Å². The molecule has 2 aromatic rings. The Bertz CT molecular complexity index is 958. The molecule has 2 aliphatic rings. The Kier molecular flexibility index (Phi) is 7.52. The normalized spacial score (nSPS) is 21.2. The van der Waals surface area contributed by atoms with Crippen molar-refractivity contribution in [1.29, 1.82) is 0 Å². The number of aromatic nitrogens is 3. The SMILES string of the molecule is COc1cc(CC(=O)C[C@H](CCO)c2nnc(C3CC(CC(C)C)C3)n2C2CC2)ccc1C. The van der Waals surface area contributed by atoms with Crippen molar-refractivity contribution in [1.82, 2.24) is 14.8 Å². The van der Waals surface area contributed by atoms with Gasteiger partial charge in [0.05, 0.1) is 7.11 Å². The lowest BCUT2D eigenvalue weighted by molar-refractivity contribution is -0.118. The number of benzene rings is 1. The average molecular weight is 454 g/mol. The fourth-order valence-electron chi connectivity index (χ4n) is 5.41. The number of hydrogen-bond donors (Lipinski definition) is 1. The quantitative estimate of drug-likeness (QED) is 0.482. The summed E-state index contributed by atoms with van der Waals surface area (Å²) in [6.07, 6.45) is 7.27. The van der Waals surface area contributed by atoms with Gasteiger partial charge in [-0.25, -0.2) is 0 Å². The molecule has 2 saturated carbocycles. The molecule has 1 heterocycles. The highest BCUT2D eigenvalue weighted by atomic mass is 16.5. The van der Waals surface area contributed by atoms with Gasteiger partial charge in [-0.3, -0.25) is 4.79 Å². The van der Waals surface area contributed by atoms with Crippen LogP contribution in [0.4, 0.5) is 0 Å². The number of Topliss-reactive ketones (excluding diaryl/α,β-unsaturated/α-hetero) is 1. The molecule has 1 atom stereocenters. The van der Waals surface area contributed by atoms with Crippen molar-refractivity contribution in [2.24, 2.45) is 11.8 Å². The second-order valence-electron chi connectivity index (χ2n) is 10.6. The fraction of sp³-hybridized carbons (Fsp3) is 0.667. The van der Waals surface area contributed by atoms with E-state index in [2.05, 4.69) is 28.6 Å². The van der Waals surface area contributed by atoms with E-state index < -0.39 is 0 Å². The van der Waals surface area contributed by atoms with E-state index in [0.29, 0.717) is 31.2 Å². The molecular weight excluding hydrogens is 414 g/mol. The molecule has 2 aliphatic carbocycles. The summed E-state index contributed by atoms with van der Waals surface area (Å²) in [4.78, 5) is 13.0. The van der Waals surface area contributed by atoms with Crippen molar-refractivity contribution in [2.75, 3.05) is 13.7 Å². The second kappa shape index (κ2) is 10.4.